The Bertz CT molecular complexity index is 593. The Hall–Kier alpha value is -1.63. The molecular formula is C18H27ClN4O2. The molecule has 1 aromatic rings. The molecule has 1 aromatic carbocycles. The Morgan fingerprint density at radius 1 is 1.20 bits per heavy atom. The van der Waals surface area contributed by atoms with Gasteiger partial charge in [-0.2, -0.15) is 0 Å². The maximum Gasteiger partial charge on any atom is 0.239 e. The van der Waals surface area contributed by atoms with Crippen molar-refractivity contribution in [1.82, 2.24) is 20.4 Å². The molecule has 2 N–H and O–H groups in total. The second-order valence-corrected chi connectivity index (χ2v) is 6.45. The summed E-state index contributed by atoms with van der Waals surface area (Å²) in [5, 5.41) is 6.18. The van der Waals surface area contributed by atoms with E-state index >= 15 is 0 Å². The van der Waals surface area contributed by atoms with Crippen LogP contribution in [0.1, 0.15) is 24.1 Å². The molecule has 0 radical (unpaired) electrons. The fraction of sp³-hybridized carbons (Fsp3) is 0.556. The SMILES string of the molecule is CCc1ccc(C2CNCCN2CC(=O)N2CCNC(=O)C2)cc1.Cl. The number of halogens is 1. The second-order valence-electron chi connectivity index (χ2n) is 6.45. The van der Waals surface area contributed by atoms with E-state index < -0.39 is 0 Å². The molecule has 0 bridgehead atoms. The molecule has 2 heterocycles. The van der Waals surface area contributed by atoms with E-state index in [2.05, 4.69) is 46.7 Å². The van der Waals surface area contributed by atoms with Gasteiger partial charge in [-0.3, -0.25) is 14.5 Å². The third-order valence-electron chi connectivity index (χ3n) is 4.86. The molecule has 2 saturated heterocycles. The zero-order valence-electron chi connectivity index (χ0n) is 14.7. The van der Waals surface area contributed by atoms with E-state index in [-0.39, 0.29) is 36.8 Å². The average molecular weight is 367 g/mol. The predicted octanol–water partition coefficient (Wildman–Crippen LogP) is 0.576. The highest BCUT2D eigenvalue weighted by atomic mass is 35.5. The first kappa shape index (κ1) is 19.7. The Balaban J connectivity index is 0.00000225. The molecule has 1 unspecified atom stereocenters. The van der Waals surface area contributed by atoms with E-state index in [4.69, 9.17) is 0 Å². The highest BCUT2D eigenvalue weighted by Crippen LogP contribution is 2.22. The van der Waals surface area contributed by atoms with E-state index in [1.165, 1.54) is 11.1 Å². The van der Waals surface area contributed by atoms with Crippen LogP contribution < -0.4 is 10.6 Å². The van der Waals surface area contributed by atoms with Gasteiger partial charge in [0.2, 0.25) is 11.8 Å². The van der Waals surface area contributed by atoms with Gasteiger partial charge in [0.25, 0.3) is 0 Å². The van der Waals surface area contributed by atoms with Gasteiger partial charge in [-0.05, 0) is 17.5 Å². The number of rotatable bonds is 4. The van der Waals surface area contributed by atoms with Crippen molar-refractivity contribution in [2.45, 2.75) is 19.4 Å². The summed E-state index contributed by atoms with van der Waals surface area (Å²) < 4.78 is 0. The topological polar surface area (TPSA) is 64.7 Å². The van der Waals surface area contributed by atoms with Crippen molar-refractivity contribution in [2.24, 2.45) is 0 Å². The highest BCUT2D eigenvalue weighted by molar-refractivity contribution is 5.86. The van der Waals surface area contributed by atoms with Crippen molar-refractivity contribution < 1.29 is 9.59 Å². The molecule has 138 valence electrons. The highest BCUT2D eigenvalue weighted by Gasteiger charge is 2.28. The van der Waals surface area contributed by atoms with Crippen LogP contribution in [0, 0.1) is 0 Å². The quantitative estimate of drug-likeness (QED) is 0.818. The van der Waals surface area contributed by atoms with Crippen molar-refractivity contribution >= 4 is 24.2 Å². The van der Waals surface area contributed by atoms with Gasteiger partial charge in [-0.15, -0.1) is 12.4 Å². The number of piperazine rings is 2. The smallest absolute Gasteiger partial charge is 0.239 e. The van der Waals surface area contributed by atoms with E-state index in [1.54, 1.807) is 4.90 Å². The minimum Gasteiger partial charge on any atom is -0.353 e. The van der Waals surface area contributed by atoms with Crippen LogP contribution in [0.4, 0.5) is 0 Å². The van der Waals surface area contributed by atoms with E-state index in [0.29, 0.717) is 19.6 Å². The van der Waals surface area contributed by atoms with E-state index in [9.17, 15) is 9.59 Å². The Kier molecular flexibility index (Phi) is 7.23. The van der Waals surface area contributed by atoms with Gasteiger partial charge >= 0.3 is 0 Å². The predicted molar refractivity (Wildman–Crippen MR) is 99.8 cm³/mol. The number of nitrogens with zero attached hydrogens (tertiary/aromatic N) is 2. The van der Waals surface area contributed by atoms with Crippen LogP contribution >= 0.6 is 12.4 Å². The van der Waals surface area contributed by atoms with E-state index in [1.807, 2.05) is 0 Å². The molecule has 0 spiro atoms. The summed E-state index contributed by atoms with van der Waals surface area (Å²) in [4.78, 5) is 28.0. The monoisotopic (exact) mass is 366 g/mol. The number of hydrogen-bond donors (Lipinski definition) is 2. The molecule has 1 atom stereocenters. The first-order chi connectivity index (χ1) is 11.7. The lowest BCUT2D eigenvalue weighted by molar-refractivity contribution is -0.139. The van der Waals surface area contributed by atoms with Crippen molar-refractivity contribution in [2.75, 3.05) is 45.8 Å². The lowest BCUT2D eigenvalue weighted by Gasteiger charge is -2.37. The van der Waals surface area contributed by atoms with Crippen molar-refractivity contribution in [3.8, 4) is 0 Å². The number of aryl methyl sites for hydroxylation is 1. The van der Waals surface area contributed by atoms with Gasteiger partial charge in [0.15, 0.2) is 0 Å². The van der Waals surface area contributed by atoms with Gasteiger partial charge < -0.3 is 15.5 Å². The zero-order valence-corrected chi connectivity index (χ0v) is 15.5. The number of amides is 2. The van der Waals surface area contributed by atoms with Gasteiger partial charge in [0.1, 0.15) is 0 Å². The summed E-state index contributed by atoms with van der Waals surface area (Å²) >= 11 is 0. The molecule has 0 saturated carbocycles. The van der Waals surface area contributed by atoms with Gasteiger partial charge in [-0.25, -0.2) is 0 Å². The van der Waals surface area contributed by atoms with Crippen LogP contribution in [0.2, 0.25) is 0 Å². The average Bonchev–Trinajstić information content (AvgIpc) is 2.62. The first-order valence-electron chi connectivity index (χ1n) is 8.75. The fourth-order valence-corrected chi connectivity index (χ4v) is 3.36. The normalized spacial score (nSPS) is 21.4. The molecule has 2 amide bonds. The summed E-state index contributed by atoms with van der Waals surface area (Å²) in [6, 6.07) is 8.87. The summed E-state index contributed by atoms with van der Waals surface area (Å²) in [7, 11) is 0. The van der Waals surface area contributed by atoms with Crippen molar-refractivity contribution in [3.63, 3.8) is 0 Å². The minimum atomic E-state index is -0.0679. The summed E-state index contributed by atoms with van der Waals surface area (Å²) in [5.74, 6) is -0.0245. The van der Waals surface area contributed by atoms with Crippen molar-refractivity contribution in [1.29, 1.82) is 0 Å². The number of carbonyl (C=O) groups excluding carboxylic acids is 2. The molecule has 7 heteroatoms. The largest absolute Gasteiger partial charge is 0.353 e. The Labute approximate surface area is 155 Å². The molecule has 2 aliphatic rings. The summed E-state index contributed by atoms with van der Waals surface area (Å²) in [6.07, 6.45) is 1.03. The Morgan fingerprint density at radius 2 is 1.96 bits per heavy atom. The van der Waals surface area contributed by atoms with Crippen LogP contribution in [0.25, 0.3) is 0 Å². The molecule has 2 fully saturated rings. The van der Waals surface area contributed by atoms with Crippen molar-refractivity contribution in [3.05, 3.63) is 35.4 Å². The summed E-state index contributed by atoms with van der Waals surface area (Å²) in [5.41, 5.74) is 2.56. The lowest BCUT2D eigenvalue weighted by Crippen LogP contribution is -2.54. The number of hydrogen-bond acceptors (Lipinski definition) is 4. The van der Waals surface area contributed by atoms with Gasteiger partial charge in [0.05, 0.1) is 13.1 Å². The molecule has 6 nitrogen and oxygen atoms in total. The standard InChI is InChI=1S/C18H26N4O2.ClH/c1-2-14-3-5-15(6-4-14)16-11-19-7-9-21(16)13-18(24)22-10-8-20-17(23)12-22;/h3-6,16,19H,2,7-13H2,1H3,(H,20,23);1H. The third-order valence-corrected chi connectivity index (χ3v) is 4.86. The third kappa shape index (κ3) is 4.93. The molecule has 2 aliphatic heterocycles. The first-order valence-corrected chi connectivity index (χ1v) is 8.75. The number of benzene rings is 1. The van der Waals surface area contributed by atoms with Crippen LogP contribution in [0.3, 0.4) is 0 Å². The maximum absolute atomic E-state index is 12.6. The molecule has 0 aromatic heterocycles. The Morgan fingerprint density at radius 3 is 2.64 bits per heavy atom. The van der Waals surface area contributed by atoms with Crippen LogP contribution in [-0.2, 0) is 16.0 Å². The maximum atomic E-state index is 12.6. The molecular weight excluding hydrogens is 340 g/mol. The minimum absolute atomic E-state index is 0. The van der Waals surface area contributed by atoms with Gasteiger partial charge in [-0.1, -0.05) is 31.2 Å². The lowest BCUT2D eigenvalue weighted by atomic mass is 10.0. The van der Waals surface area contributed by atoms with Crippen LogP contribution in [0.15, 0.2) is 24.3 Å². The zero-order chi connectivity index (χ0) is 16.9. The van der Waals surface area contributed by atoms with E-state index in [0.717, 1.165) is 26.1 Å². The number of carbonyl (C=O) groups is 2. The second kappa shape index (κ2) is 9.17. The van der Waals surface area contributed by atoms with Crippen LogP contribution in [-0.4, -0.2) is 67.4 Å². The summed E-state index contributed by atoms with van der Waals surface area (Å²) in [6.45, 7) is 6.43. The fourth-order valence-electron chi connectivity index (χ4n) is 3.36. The number of nitrogens with one attached hydrogen (secondary N) is 2. The molecule has 3 rings (SSSR count). The molecule has 25 heavy (non-hydrogen) atoms. The molecule has 0 aliphatic carbocycles. The van der Waals surface area contributed by atoms with Gasteiger partial charge in [0, 0.05) is 38.8 Å². The van der Waals surface area contributed by atoms with Crippen LogP contribution in [0.5, 0.6) is 0 Å².